The average molecular weight is 200 g/mol. The molecule has 0 saturated heterocycles. The molecule has 80 valence electrons. The van der Waals surface area contributed by atoms with Crippen molar-refractivity contribution >= 4 is 0 Å². The Morgan fingerprint density at radius 3 is 2.64 bits per heavy atom. The number of aromatic nitrogens is 2. The zero-order valence-corrected chi connectivity index (χ0v) is 8.49. The minimum Gasteiger partial charge on any atom is -0.320 e. The Balaban J connectivity index is 2.57. The van der Waals surface area contributed by atoms with Crippen LogP contribution in [0, 0.1) is 0 Å². The van der Waals surface area contributed by atoms with E-state index in [9.17, 15) is 4.79 Å². The molecule has 1 aromatic heterocycles. The summed E-state index contributed by atoms with van der Waals surface area (Å²) in [7, 11) is 0. The lowest BCUT2D eigenvalue weighted by Gasteiger charge is -2.20. The molecule has 0 radical (unpaired) electrons. The van der Waals surface area contributed by atoms with Crippen LogP contribution in [-0.2, 0) is 0 Å². The third kappa shape index (κ3) is 2.68. The second-order valence-electron chi connectivity index (χ2n) is 3.07. The number of likely N-dealkylation sites (N-methyl/N-ethyl adjacent to an activating group) is 1. The van der Waals surface area contributed by atoms with Crippen LogP contribution in [-0.4, -0.2) is 34.7 Å². The van der Waals surface area contributed by atoms with Gasteiger partial charge in [-0.2, -0.15) is 0 Å². The van der Waals surface area contributed by atoms with E-state index in [0.29, 0.717) is 12.4 Å². The zero-order valence-electron chi connectivity index (χ0n) is 8.49. The summed E-state index contributed by atoms with van der Waals surface area (Å²) in [4.78, 5) is 15.3. The van der Waals surface area contributed by atoms with Crippen molar-refractivity contribution in [2.45, 2.75) is 19.9 Å². The van der Waals surface area contributed by atoms with E-state index in [1.165, 1.54) is 0 Å². The summed E-state index contributed by atoms with van der Waals surface area (Å²) in [5, 5.41) is 3.54. The van der Waals surface area contributed by atoms with Gasteiger partial charge in [-0.05, 0) is 13.1 Å². The van der Waals surface area contributed by atoms with Gasteiger partial charge >= 0.3 is 5.76 Å². The minimum atomic E-state index is -0.560. The maximum absolute atomic E-state index is 10.7. The summed E-state index contributed by atoms with van der Waals surface area (Å²) in [6.45, 7) is 6.62. The summed E-state index contributed by atoms with van der Waals surface area (Å²) in [6, 6.07) is -0.304. The van der Waals surface area contributed by atoms with Crippen molar-refractivity contribution in [3.63, 3.8) is 0 Å². The quantitative estimate of drug-likeness (QED) is 0.681. The number of hydrogen-bond acceptors (Lipinski definition) is 5. The van der Waals surface area contributed by atoms with Crippen LogP contribution in [0.3, 0.4) is 0 Å². The molecule has 1 atom stereocenters. The van der Waals surface area contributed by atoms with Crippen LogP contribution in [0.25, 0.3) is 0 Å². The molecule has 0 aliphatic carbocycles. The van der Waals surface area contributed by atoms with Crippen LogP contribution in [0.4, 0.5) is 0 Å². The van der Waals surface area contributed by atoms with Gasteiger partial charge in [-0.15, -0.1) is 0 Å². The smallest absolute Gasteiger partial charge is 0.320 e. The topological polar surface area (TPSA) is 88.2 Å². The molecular formula is C8H16N4O2. The monoisotopic (exact) mass is 200 g/mol. The van der Waals surface area contributed by atoms with Crippen molar-refractivity contribution in [2.24, 2.45) is 5.73 Å². The van der Waals surface area contributed by atoms with Gasteiger partial charge in [0.2, 0.25) is 0 Å². The summed E-state index contributed by atoms with van der Waals surface area (Å²) < 4.78 is 4.37. The Kier molecular flexibility index (Phi) is 3.84. The second-order valence-corrected chi connectivity index (χ2v) is 3.07. The van der Waals surface area contributed by atoms with Crippen LogP contribution >= 0.6 is 0 Å². The zero-order chi connectivity index (χ0) is 10.6. The number of hydrogen-bond donors (Lipinski definition) is 2. The van der Waals surface area contributed by atoms with Gasteiger partial charge in [-0.3, -0.25) is 9.51 Å². The second kappa shape index (κ2) is 4.92. The Hall–Kier alpha value is -1.14. The summed E-state index contributed by atoms with van der Waals surface area (Å²) in [5.41, 5.74) is 5.83. The first kappa shape index (κ1) is 10.9. The lowest BCUT2D eigenvalue weighted by Crippen LogP contribution is -2.32. The first-order valence-electron chi connectivity index (χ1n) is 4.71. The molecular weight excluding hydrogens is 184 g/mol. The molecule has 1 aromatic rings. The molecule has 1 heterocycles. The van der Waals surface area contributed by atoms with E-state index in [1.807, 2.05) is 0 Å². The molecule has 1 rings (SSSR count). The number of nitrogens with one attached hydrogen (secondary N) is 1. The van der Waals surface area contributed by atoms with Crippen molar-refractivity contribution < 1.29 is 4.52 Å². The van der Waals surface area contributed by atoms with E-state index in [1.54, 1.807) is 0 Å². The van der Waals surface area contributed by atoms with Gasteiger partial charge in [0.05, 0.1) is 6.04 Å². The lowest BCUT2D eigenvalue weighted by atomic mass is 10.2. The van der Waals surface area contributed by atoms with Gasteiger partial charge in [-0.25, -0.2) is 4.79 Å². The van der Waals surface area contributed by atoms with Gasteiger partial charge < -0.3 is 10.6 Å². The largest absolute Gasteiger partial charge is 0.438 e. The lowest BCUT2D eigenvalue weighted by molar-refractivity contribution is 0.277. The third-order valence-corrected chi connectivity index (χ3v) is 2.16. The molecule has 0 spiro atoms. The molecule has 0 saturated carbocycles. The van der Waals surface area contributed by atoms with E-state index in [0.717, 1.165) is 13.1 Å². The molecule has 6 nitrogen and oxygen atoms in total. The fourth-order valence-corrected chi connectivity index (χ4v) is 1.25. The normalized spacial score (nSPS) is 13.4. The molecule has 0 fully saturated rings. The fraction of sp³-hybridized carbons (Fsp3) is 0.750. The average Bonchev–Trinajstić information content (AvgIpc) is 2.61. The van der Waals surface area contributed by atoms with Crippen molar-refractivity contribution in [1.82, 2.24) is 15.0 Å². The van der Waals surface area contributed by atoms with Gasteiger partial charge in [0.15, 0.2) is 5.82 Å². The molecule has 1 unspecified atom stereocenters. The molecule has 3 N–H and O–H groups in total. The van der Waals surface area contributed by atoms with Crippen molar-refractivity contribution in [1.29, 1.82) is 0 Å². The van der Waals surface area contributed by atoms with Crippen molar-refractivity contribution in [2.75, 3.05) is 19.6 Å². The summed E-state index contributed by atoms with van der Waals surface area (Å²) in [5.74, 6) is -0.156. The summed E-state index contributed by atoms with van der Waals surface area (Å²) >= 11 is 0. The molecule has 0 aliphatic heterocycles. The van der Waals surface area contributed by atoms with Crippen molar-refractivity contribution in [3.8, 4) is 0 Å². The number of nitrogens with zero attached hydrogens (tertiary/aromatic N) is 2. The summed E-state index contributed by atoms with van der Waals surface area (Å²) in [6.07, 6.45) is 0. The number of nitrogens with two attached hydrogens (primary N) is 1. The Bertz CT molecular complexity index is 315. The predicted octanol–water partition coefficient (Wildman–Crippen LogP) is -0.295. The van der Waals surface area contributed by atoms with Gasteiger partial charge in [0.1, 0.15) is 0 Å². The highest BCUT2D eigenvalue weighted by Gasteiger charge is 2.13. The maximum Gasteiger partial charge on any atom is 0.438 e. The van der Waals surface area contributed by atoms with Gasteiger partial charge in [0, 0.05) is 6.54 Å². The Labute approximate surface area is 82.1 Å². The van der Waals surface area contributed by atoms with Crippen LogP contribution in [0.2, 0.25) is 0 Å². The standard InChI is InChI=1S/C8H16N4O2/c1-3-12(4-2)5-6(9)7-10-8(13)14-11-7/h6H,3-5,9H2,1-2H3,(H,10,11,13). The molecule has 0 bridgehead atoms. The van der Waals surface area contributed by atoms with Gasteiger partial charge in [-0.1, -0.05) is 19.0 Å². The van der Waals surface area contributed by atoms with Crippen molar-refractivity contribution in [3.05, 3.63) is 16.4 Å². The Morgan fingerprint density at radius 1 is 1.57 bits per heavy atom. The molecule has 14 heavy (non-hydrogen) atoms. The Morgan fingerprint density at radius 2 is 2.21 bits per heavy atom. The van der Waals surface area contributed by atoms with Crippen LogP contribution < -0.4 is 11.5 Å². The fourth-order valence-electron chi connectivity index (χ4n) is 1.25. The highest BCUT2D eigenvalue weighted by Crippen LogP contribution is 2.03. The van der Waals surface area contributed by atoms with E-state index in [-0.39, 0.29) is 6.04 Å². The number of aromatic amines is 1. The van der Waals surface area contributed by atoms with Crippen LogP contribution in [0.5, 0.6) is 0 Å². The maximum atomic E-state index is 10.7. The van der Waals surface area contributed by atoms with Crippen LogP contribution in [0.15, 0.2) is 9.32 Å². The van der Waals surface area contributed by atoms with Crippen LogP contribution in [0.1, 0.15) is 25.7 Å². The molecule has 0 amide bonds. The van der Waals surface area contributed by atoms with E-state index in [2.05, 4.69) is 33.4 Å². The minimum absolute atomic E-state index is 0.304. The highest BCUT2D eigenvalue weighted by atomic mass is 16.5. The number of rotatable bonds is 5. The van der Waals surface area contributed by atoms with E-state index in [4.69, 9.17) is 5.73 Å². The highest BCUT2D eigenvalue weighted by molar-refractivity contribution is 4.89. The van der Waals surface area contributed by atoms with Gasteiger partial charge in [0.25, 0.3) is 0 Å². The first-order valence-corrected chi connectivity index (χ1v) is 4.71. The van der Waals surface area contributed by atoms with E-state index < -0.39 is 5.76 Å². The molecule has 6 heteroatoms. The first-order chi connectivity index (χ1) is 6.67. The predicted molar refractivity (Wildman–Crippen MR) is 51.8 cm³/mol. The number of H-pyrrole nitrogens is 1. The molecule has 0 aromatic carbocycles. The molecule has 0 aliphatic rings. The SMILES string of the molecule is CCN(CC)CC(N)c1noc(=O)[nH]1. The van der Waals surface area contributed by atoms with E-state index >= 15 is 0 Å². The third-order valence-electron chi connectivity index (χ3n) is 2.16.